The van der Waals surface area contributed by atoms with Crippen LogP contribution in [0.5, 0.6) is 0 Å². The van der Waals surface area contributed by atoms with E-state index in [4.69, 9.17) is 0 Å². The molecule has 4 rings (SSSR count). The number of amides is 2. The van der Waals surface area contributed by atoms with Gasteiger partial charge >= 0.3 is 0 Å². The summed E-state index contributed by atoms with van der Waals surface area (Å²) in [6, 6.07) is 21.4. The number of hydrogen-bond acceptors (Lipinski definition) is 4. The lowest BCUT2D eigenvalue weighted by Gasteiger charge is -2.24. The minimum absolute atomic E-state index is 0.0517. The first kappa shape index (κ1) is 25.9. The number of benzene rings is 3. The Bertz CT molecular complexity index is 1370. The van der Waals surface area contributed by atoms with Crippen molar-refractivity contribution in [2.45, 2.75) is 38.0 Å². The summed E-state index contributed by atoms with van der Waals surface area (Å²) in [7, 11) is 0. The average Bonchev–Trinajstić information content (AvgIpc) is 2.93. The number of hydrogen-bond donors (Lipinski definition) is 3. The number of fused-ring (bicyclic) bond motifs is 1. The standard InChI is InChI=1S/C29H27F2N3O3/c30-23-15-14-21-16-22(18-32-26(21)25(23)31)28(36)34-27(29(37)33-17-20-10-5-2-6-11-20)24(35)13-7-12-19-8-3-1-4-9-19/h1-6,8-11,14-16,18,24,27,35H,7,12-13,17H2,(H,33,37)(H,34,36)/t24-,27-/m0/s1. The number of aliphatic hydroxyl groups is 1. The van der Waals surface area contributed by atoms with Crippen LogP contribution >= 0.6 is 0 Å². The zero-order valence-electron chi connectivity index (χ0n) is 20.0. The van der Waals surface area contributed by atoms with Gasteiger partial charge in [-0.25, -0.2) is 8.78 Å². The van der Waals surface area contributed by atoms with Gasteiger partial charge in [0.1, 0.15) is 11.6 Å². The largest absolute Gasteiger partial charge is 0.390 e. The number of nitrogens with zero attached hydrogens (tertiary/aromatic N) is 1. The Labute approximate surface area is 213 Å². The molecule has 4 aromatic rings. The van der Waals surface area contributed by atoms with Gasteiger partial charge in [0.2, 0.25) is 5.91 Å². The molecule has 1 heterocycles. The maximum atomic E-state index is 14.0. The second kappa shape index (κ2) is 12.2. The van der Waals surface area contributed by atoms with Crippen LogP contribution in [0.1, 0.15) is 34.3 Å². The first-order valence-electron chi connectivity index (χ1n) is 12.0. The molecule has 0 spiro atoms. The van der Waals surface area contributed by atoms with Crippen LogP contribution < -0.4 is 10.6 Å². The van der Waals surface area contributed by atoms with E-state index >= 15 is 0 Å². The van der Waals surface area contributed by atoms with Crippen molar-refractivity contribution in [3.05, 3.63) is 113 Å². The highest BCUT2D eigenvalue weighted by Crippen LogP contribution is 2.19. The molecule has 190 valence electrons. The molecule has 37 heavy (non-hydrogen) atoms. The van der Waals surface area contributed by atoms with Crippen molar-refractivity contribution in [2.24, 2.45) is 0 Å². The molecule has 1 aromatic heterocycles. The van der Waals surface area contributed by atoms with Gasteiger partial charge in [0.25, 0.3) is 5.91 Å². The van der Waals surface area contributed by atoms with E-state index in [-0.39, 0.29) is 29.4 Å². The second-order valence-electron chi connectivity index (χ2n) is 8.76. The molecular weight excluding hydrogens is 476 g/mol. The molecule has 8 heteroatoms. The van der Waals surface area contributed by atoms with E-state index < -0.39 is 35.6 Å². The van der Waals surface area contributed by atoms with Gasteiger partial charge in [0.05, 0.1) is 11.7 Å². The fraction of sp³-hybridized carbons (Fsp3) is 0.207. The van der Waals surface area contributed by atoms with E-state index in [2.05, 4.69) is 15.6 Å². The number of aryl methyl sites for hydroxylation is 1. The van der Waals surface area contributed by atoms with E-state index in [0.29, 0.717) is 12.8 Å². The lowest BCUT2D eigenvalue weighted by atomic mass is 10.0. The zero-order valence-corrected chi connectivity index (χ0v) is 20.0. The Kier molecular flexibility index (Phi) is 8.53. The van der Waals surface area contributed by atoms with Crippen molar-refractivity contribution in [3.8, 4) is 0 Å². The van der Waals surface area contributed by atoms with Crippen molar-refractivity contribution in [1.82, 2.24) is 15.6 Å². The number of carbonyl (C=O) groups is 2. The van der Waals surface area contributed by atoms with Gasteiger partial charge < -0.3 is 15.7 Å². The number of rotatable bonds is 10. The molecule has 0 radical (unpaired) electrons. The number of pyridine rings is 1. The van der Waals surface area contributed by atoms with Crippen molar-refractivity contribution in [1.29, 1.82) is 0 Å². The normalized spacial score (nSPS) is 12.6. The van der Waals surface area contributed by atoms with Gasteiger partial charge in [-0.05, 0) is 48.6 Å². The molecule has 2 amide bonds. The minimum atomic E-state index is -1.23. The Hall–Kier alpha value is -4.17. The Morgan fingerprint density at radius 3 is 2.30 bits per heavy atom. The maximum Gasteiger partial charge on any atom is 0.253 e. The summed E-state index contributed by atoms with van der Waals surface area (Å²) in [5.41, 5.74) is 1.83. The predicted molar refractivity (Wildman–Crippen MR) is 137 cm³/mol. The molecule has 0 saturated carbocycles. The summed E-state index contributed by atoms with van der Waals surface area (Å²) in [5, 5.41) is 16.5. The van der Waals surface area contributed by atoms with E-state index in [0.717, 1.165) is 23.4 Å². The number of carbonyl (C=O) groups excluding carboxylic acids is 2. The summed E-state index contributed by atoms with van der Waals surface area (Å²) < 4.78 is 27.5. The van der Waals surface area contributed by atoms with Gasteiger partial charge in [0.15, 0.2) is 11.6 Å². The molecule has 3 N–H and O–H groups in total. The first-order valence-corrected chi connectivity index (χ1v) is 12.0. The van der Waals surface area contributed by atoms with Crippen LogP contribution in [0.15, 0.2) is 85.1 Å². The molecule has 0 unspecified atom stereocenters. The Morgan fingerprint density at radius 1 is 0.919 bits per heavy atom. The summed E-state index contributed by atoms with van der Waals surface area (Å²) in [4.78, 5) is 30.0. The van der Waals surface area contributed by atoms with Crippen LogP contribution in [0, 0.1) is 11.6 Å². The van der Waals surface area contributed by atoms with E-state index in [1.54, 1.807) is 0 Å². The highest BCUT2D eigenvalue weighted by Gasteiger charge is 2.29. The Morgan fingerprint density at radius 2 is 1.59 bits per heavy atom. The second-order valence-corrected chi connectivity index (χ2v) is 8.76. The topological polar surface area (TPSA) is 91.3 Å². The third-order valence-electron chi connectivity index (χ3n) is 6.08. The summed E-state index contributed by atoms with van der Waals surface area (Å²) in [5.74, 6) is -3.34. The fourth-order valence-corrected chi connectivity index (χ4v) is 4.05. The van der Waals surface area contributed by atoms with Crippen LogP contribution in [0.3, 0.4) is 0 Å². The van der Waals surface area contributed by atoms with E-state index in [1.807, 2.05) is 60.7 Å². The van der Waals surface area contributed by atoms with Gasteiger partial charge in [-0.15, -0.1) is 0 Å². The highest BCUT2D eigenvalue weighted by atomic mass is 19.2. The molecule has 2 atom stereocenters. The quantitative estimate of drug-likeness (QED) is 0.301. The molecular formula is C29H27F2N3O3. The minimum Gasteiger partial charge on any atom is -0.390 e. The number of halogens is 2. The van der Waals surface area contributed by atoms with Crippen molar-refractivity contribution in [3.63, 3.8) is 0 Å². The Balaban J connectivity index is 1.48. The monoisotopic (exact) mass is 503 g/mol. The van der Waals surface area contributed by atoms with Crippen molar-refractivity contribution in [2.75, 3.05) is 0 Å². The number of aromatic nitrogens is 1. The first-order chi connectivity index (χ1) is 17.9. The predicted octanol–water partition coefficient (Wildman–Crippen LogP) is 4.31. The summed E-state index contributed by atoms with van der Waals surface area (Å²) >= 11 is 0. The molecule has 0 fully saturated rings. The van der Waals surface area contributed by atoms with Crippen LogP contribution in [0.25, 0.3) is 10.9 Å². The van der Waals surface area contributed by atoms with Crippen molar-refractivity contribution < 1.29 is 23.5 Å². The molecule has 3 aromatic carbocycles. The molecule has 0 bridgehead atoms. The fourth-order valence-electron chi connectivity index (χ4n) is 4.05. The summed E-state index contributed by atoms with van der Waals surface area (Å²) in [6.07, 6.45) is 1.55. The highest BCUT2D eigenvalue weighted by molar-refractivity contribution is 6.00. The lowest BCUT2D eigenvalue weighted by molar-refractivity contribution is -0.125. The van der Waals surface area contributed by atoms with E-state index in [9.17, 15) is 23.5 Å². The smallest absolute Gasteiger partial charge is 0.253 e. The molecule has 6 nitrogen and oxygen atoms in total. The van der Waals surface area contributed by atoms with Gasteiger partial charge in [-0.3, -0.25) is 14.6 Å². The molecule has 0 aliphatic carbocycles. The van der Waals surface area contributed by atoms with Gasteiger partial charge in [-0.1, -0.05) is 60.7 Å². The summed E-state index contributed by atoms with van der Waals surface area (Å²) in [6.45, 7) is 0.227. The molecule has 0 aliphatic heterocycles. The SMILES string of the molecule is O=C(N[C@H](C(=O)NCc1ccccc1)[C@@H](O)CCCc1ccccc1)c1cnc2c(F)c(F)ccc2c1. The third-order valence-corrected chi connectivity index (χ3v) is 6.08. The lowest BCUT2D eigenvalue weighted by Crippen LogP contribution is -2.53. The van der Waals surface area contributed by atoms with Crippen LogP contribution in [-0.4, -0.2) is 34.1 Å². The third kappa shape index (κ3) is 6.74. The number of aliphatic hydroxyl groups excluding tert-OH is 1. The molecule has 0 saturated heterocycles. The van der Waals surface area contributed by atoms with E-state index in [1.165, 1.54) is 12.1 Å². The van der Waals surface area contributed by atoms with Crippen LogP contribution in [0.2, 0.25) is 0 Å². The van der Waals surface area contributed by atoms with Crippen LogP contribution in [0.4, 0.5) is 8.78 Å². The average molecular weight is 504 g/mol. The maximum absolute atomic E-state index is 14.0. The van der Waals surface area contributed by atoms with Crippen LogP contribution in [-0.2, 0) is 17.8 Å². The van der Waals surface area contributed by atoms with Crippen molar-refractivity contribution >= 4 is 22.7 Å². The van der Waals surface area contributed by atoms with Gasteiger partial charge in [0, 0.05) is 18.1 Å². The molecule has 0 aliphatic rings. The van der Waals surface area contributed by atoms with Gasteiger partial charge in [-0.2, -0.15) is 0 Å². The number of nitrogens with one attached hydrogen (secondary N) is 2. The zero-order chi connectivity index (χ0) is 26.2.